The van der Waals surface area contributed by atoms with Crippen LogP contribution in [0.3, 0.4) is 0 Å². The number of aliphatic hydroxyl groups excluding tert-OH is 1. The summed E-state index contributed by atoms with van der Waals surface area (Å²) in [5, 5.41) is 11.8. The average Bonchev–Trinajstić information content (AvgIpc) is 3.41. The molecule has 0 aliphatic heterocycles. The smallest absolute Gasteiger partial charge is 0.230 e. The van der Waals surface area contributed by atoms with Crippen LogP contribution in [0.15, 0.2) is 48.5 Å². The maximum Gasteiger partial charge on any atom is 0.230 e. The van der Waals surface area contributed by atoms with Gasteiger partial charge in [0.2, 0.25) is 5.91 Å². The van der Waals surface area contributed by atoms with Crippen LogP contribution in [0.5, 0.6) is 5.75 Å². The molecule has 0 bridgehead atoms. The number of carbonyl (C=O) groups is 1. The first-order valence-corrected chi connectivity index (χ1v) is 8.02. The SMILES string of the molecule is O=C(NCc1ccccc1OCCO)C1(c2ccc(F)cc2)CC1. The highest BCUT2D eigenvalue weighted by Crippen LogP contribution is 2.48. The van der Waals surface area contributed by atoms with Gasteiger partial charge in [0.25, 0.3) is 0 Å². The number of hydrogen-bond donors (Lipinski definition) is 2. The summed E-state index contributed by atoms with van der Waals surface area (Å²) in [4.78, 5) is 12.6. The third-order valence-electron chi connectivity index (χ3n) is 4.34. The van der Waals surface area contributed by atoms with Gasteiger partial charge in [-0.15, -0.1) is 0 Å². The zero-order chi connectivity index (χ0) is 17.0. The number of carbonyl (C=O) groups excluding carboxylic acids is 1. The van der Waals surface area contributed by atoms with Crippen LogP contribution in [0.2, 0.25) is 0 Å². The van der Waals surface area contributed by atoms with Gasteiger partial charge in [-0.3, -0.25) is 4.79 Å². The molecule has 4 nitrogen and oxygen atoms in total. The standard InChI is InChI=1S/C19H20FNO3/c20-16-7-5-15(6-8-16)19(9-10-19)18(23)21-13-14-3-1-2-4-17(14)24-12-11-22/h1-8,22H,9-13H2,(H,21,23). The minimum Gasteiger partial charge on any atom is -0.491 e. The van der Waals surface area contributed by atoms with Gasteiger partial charge in [0, 0.05) is 12.1 Å². The van der Waals surface area contributed by atoms with Gasteiger partial charge >= 0.3 is 0 Å². The summed E-state index contributed by atoms with van der Waals surface area (Å²) in [6.45, 7) is 0.502. The van der Waals surface area contributed by atoms with Gasteiger partial charge in [0.1, 0.15) is 18.2 Å². The predicted molar refractivity (Wildman–Crippen MR) is 88.2 cm³/mol. The van der Waals surface area contributed by atoms with Crippen molar-refractivity contribution in [1.29, 1.82) is 0 Å². The Bertz CT molecular complexity index is 711. The van der Waals surface area contributed by atoms with Gasteiger partial charge in [0.15, 0.2) is 0 Å². The Morgan fingerprint density at radius 3 is 2.54 bits per heavy atom. The molecular weight excluding hydrogens is 309 g/mol. The summed E-state index contributed by atoms with van der Waals surface area (Å²) >= 11 is 0. The van der Waals surface area contributed by atoms with Crippen LogP contribution >= 0.6 is 0 Å². The van der Waals surface area contributed by atoms with Crippen molar-refractivity contribution < 1.29 is 19.0 Å². The number of benzene rings is 2. The van der Waals surface area contributed by atoms with Crippen molar-refractivity contribution in [3.63, 3.8) is 0 Å². The van der Waals surface area contributed by atoms with Gasteiger partial charge in [0.05, 0.1) is 12.0 Å². The maximum absolute atomic E-state index is 13.1. The molecule has 3 rings (SSSR count). The van der Waals surface area contributed by atoms with Gasteiger partial charge in [-0.1, -0.05) is 30.3 Å². The molecule has 126 valence electrons. The van der Waals surface area contributed by atoms with Gasteiger partial charge in [-0.05, 0) is 36.6 Å². The Hall–Kier alpha value is -2.40. The first-order valence-electron chi connectivity index (χ1n) is 8.02. The molecule has 2 aromatic carbocycles. The molecule has 0 aromatic heterocycles. The second-order valence-corrected chi connectivity index (χ2v) is 5.95. The highest BCUT2D eigenvalue weighted by molar-refractivity contribution is 5.91. The van der Waals surface area contributed by atoms with Crippen molar-refractivity contribution in [3.05, 3.63) is 65.5 Å². The summed E-state index contributed by atoms with van der Waals surface area (Å²) in [5.41, 5.74) is 1.18. The lowest BCUT2D eigenvalue weighted by molar-refractivity contribution is -0.123. The number of amides is 1. The monoisotopic (exact) mass is 329 g/mol. The lowest BCUT2D eigenvalue weighted by Crippen LogP contribution is -2.34. The molecular formula is C19H20FNO3. The molecule has 0 spiro atoms. The van der Waals surface area contributed by atoms with Gasteiger partial charge in [-0.25, -0.2) is 4.39 Å². The Morgan fingerprint density at radius 2 is 1.88 bits per heavy atom. The Morgan fingerprint density at radius 1 is 1.17 bits per heavy atom. The number of nitrogens with one attached hydrogen (secondary N) is 1. The van der Waals surface area contributed by atoms with Crippen molar-refractivity contribution in [2.24, 2.45) is 0 Å². The van der Waals surface area contributed by atoms with E-state index >= 15 is 0 Å². The summed E-state index contributed by atoms with van der Waals surface area (Å²) in [6, 6.07) is 13.6. The van der Waals surface area contributed by atoms with Crippen molar-refractivity contribution in [3.8, 4) is 5.75 Å². The summed E-state index contributed by atoms with van der Waals surface area (Å²) in [5.74, 6) is 0.300. The lowest BCUT2D eigenvalue weighted by atomic mass is 9.95. The minimum atomic E-state index is -0.533. The molecule has 0 unspecified atom stereocenters. The highest BCUT2D eigenvalue weighted by atomic mass is 19.1. The second-order valence-electron chi connectivity index (χ2n) is 5.95. The van der Waals surface area contributed by atoms with Crippen LogP contribution in [0, 0.1) is 5.82 Å². The van der Waals surface area contributed by atoms with E-state index in [-0.39, 0.29) is 24.9 Å². The third kappa shape index (κ3) is 3.41. The Labute approximate surface area is 140 Å². The molecule has 2 aromatic rings. The topological polar surface area (TPSA) is 58.6 Å². The van der Waals surface area contributed by atoms with E-state index < -0.39 is 5.41 Å². The van der Waals surface area contributed by atoms with Crippen LogP contribution in [-0.2, 0) is 16.8 Å². The molecule has 5 heteroatoms. The Kier molecular flexibility index (Phi) is 4.81. The maximum atomic E-state index is 13.1. The molecule has 2 N–H and O–H groups in total. The average molecular weight is 329 g/mol. The minimum absolute atomic E-state index is 0.0499. The molecule has 0 saturated heterocycles. The zero-order valence-electron chi connectivity index (χ0n) is 13.3. The van der Waals surface area contributed by atoms with E-state index in [1.165, 1.54) is 12.1 Å². The number of rotatable bonds is 7. The fourth-order valence-electron chi connectivity index (χ4n) is 2.83. The molecule has 0 heterocycles. The molecule has 1 amide bonds. The first kappa shape index (κ1) is 16.5. The summed E-state index contributed by atoms with van der Waals surface area (Å²) in [6.07, 6.45) is 1.54. The lowest BCUT2D eigenvalue weighted by Gasteiger charge is -2.17. The third-order valence-corrected chi connectivity index (χ3v) is 4.34. The summed E-state index contributed by atoms with van der Waals surface area (Å²) < 4.78 is 18.6. The molecule has 1 fully saturated rings. The van der Waals surface area contributed by atoms with Crippen molar-refractivity contribution in [2.75, 3.05) is 13.2 Å². The first-order chi connectivity index (χ1) is 11.7. The van der Waals surface area contributed by atoms with E-state index in [0.717, 1.165) is 24.0 Å². The largest absolute Gasteiger partial charge is 0.491 e. The molecule has 1 saturated carbocycles. The van der Waals surface area contributed by atoms with E-state index in [1.807, 2.05) is 24.3 Å². The van der Waals surface area contributed by atoms with E-state index in [9.17, 15) is 9.18 Å². The second kappa shape index (κ2) is 7.01. The molecule has 1 aliphatic rings. The molecule has 24 heavy (non-hydrogen) atoms. The van der Waals surface area contributed by atoms with Crippen molar-refractivity contribution >= 4 is 5.91 Å². The molecule has 0 radical (unpaired) electrons. The van der Waals surface area contributed by atoms with Gasteiger partial charge in [-0.2, -0.15) is 0 Å². The van der Waals surface area contributed by atoms with Crippen LogP contribution in [0.4, 0.5) is 4.39 Å². The van der Waals surface area contributed by atoms with Crippen molar-refractivity contribution in [1.82, 2.24) is 5.32 Å². The summed E-state index contributed by atoms with van der Waals surface area (Å²) in [7, 11) is 0. The number of para-hydroxylation sites is 1. The van der Waals surface area contributed by atoms with Gasteiger partial charge < -0.3 is 15.2 Å². The van der Waals surface area contributed by atoms with E-state index in [1.54, 1.807) is 12.1 Å². The number of aliphatic hydroxyl groups is 1. The quantitative estimate of drug-likeness (QED) is 0.821. The number of halogens is 1. The molecule has 0 atom stereocenters. The fraction of sp³-hybridized carbons (Fsp3) is 0.316. The van der Waals surface area contributed by atoms with Crippen LogP contribution in [-0.4, -0.2) is 24.2 Å². The zero-order valence-corrected chi connectivity index (χ0v) is 13.3. The van der Waals surface area contributed by atoms with Crippen LogP contribution < -0.4 is 10.1 Å². The number of hydrogen-bond acceptors (Lipinski definition) is 3. The Balaban J connectivity index is 1.67. The van der Waals surface area contributed by atoms with Crippen LogP contribution in [0.25, 0.3) is 0 Å². The van der Waals surface area contributed by atoms with Crippen LogP contribution in [0.1, 0.15) is 24.0 Å². The predicted octanol–water partition coefficient (Wildman–Crippen LogP) is 2.54. The normalized spacial score (nSPS) is 14.9. The van der Waals surface area contributed by atoms with Crippen molar-refractivity contribution in [2.45, 2.75) is 24.8 Å². The molecule has 1 aliphatic carbocycles. The number of ether oxygens (including phenoxy) is 1. The highest BCUT2D eigenvalue weighted by Gasteiger charge is 2.51. The van der Waals surface area contributed by atoms with E-state index in [4.69, 9.17) is 9.84 Å². The van der Waals surface area contributed by atoms with E-state index in [2.05, 4.69) is 5.32 Å². The fourth-order valence-corrected chi connectivity index (χ4v) is 2.83. The van der Waals surface area contributed by atoms with E-state index in [0.29, 0.717) is 12.3 Å².